The average Bonchev–Trinajstić information content (AvgIpc) is 2.60. The molecule has 1 aliphatic rings. The second-order valence-corrected chi connectivity index (χ2v) is 9.02. The summed E-state index contributed by atoms with van der Waals surface area (Å²) in [5, 5.41) is 6.49. The lowest BCUT2D eigenvalue weighted by molar-refractivity contribution is -0.117. The van der Waals surface area contributed by atoms with E-state index < -0.39 is 0 Å². The van der Waals surface area contributed by atoms with Gasteiger partial charge in [0.2, 0.25) is 5.91 Å². The second-order valence-electron chi connectivity index (χ2n) is 8.61. The molecule has 0 aromatic heterocycles. The molecule has 5 nitrogen and oxygen atoms in total. The number of hydrogen-bond donors (Lipinski definition) is 2. The standard InChI is InChI=1S/C21H32ClN3O2/c1-21(2,3)14-19(26)24-16-5-6-18(22)17(13-16)20(27)25-11-8-15(9-12-25)7-10-23-4/h5-6,13,15,23H,7-12,14H2,1-4H3,(H,24,26). The molecule has 1 fully saturated rings. The van der Waals surface area contributed by atoms with Crippen LogP contribution in [0, 0.1) is 11.3 Å². The van der Waals surface area contributed by atoms with Gasteiger partial charge in [-0.05, 0) is 62.4 Å². The highest BCUT2D eigenvalue weighted by atomic mass is 35.5. The Morgan fingerprint density at radius 3 is 2.48 bits per heavy atom. The maximum atomic E-state index is 12.9. The van der Waals surface area contributed by atoms with E-state index in [0.717, 1.165) is 38.9 Å². The molecule has 150 valence electrons. The van der Waals surface area contributed by atoms with Crippen LogP contribution in [0.3, 0.4) is 0 Å². The number of rotatable bonds is 6. The SMILES string of the molecule is CNCCC1CCN(C(=O)c2cc(NC(=O)CC(C)(C)C)ccc2Cl)CC1. The molecule has 0 bridgehead atoms. The molecule has 2 rings (SSSR count). The second kappa shape index (κ2) is 9.56. The average molecular weight is 394 g/mol. The number of piperidine rings is 1. The predicted molar refractivity (Wildman–Crippen MR) is 111 cm³/mol. The molecule has 1 aliphatic heterocycles. The Hall–Kier alpha value is -1.59. The minimum absolute atomic E-state index is 0.0565. The molecule has 2 amide bonds. The van der Waals surface area contributed by atoms with E-state index in [2.05, 4.69) is 10.6 Å². The van der Waals surface area contributed by atoms with E-state index in [1.807, 2.05) is 32.7 Å². The highest BCUT2D eigenvalue weighted by Crippen LogP contribution is 2.26. The molecular formula is C21H32ClN3O2. The lowest BCUT2D eigenvalue weighted by Gasteiger charge is -2.32. The Morgan fingerprint density at radius 1 is 1.22 bits per heavy atom. The molecule has 1 heterocycles. The fourth-order valence-electron chi connectivity index (χ4n) is 3.40. The summed E-state index contributed by atoms with van der Waals surface area (Å²) in [4.78, 5) is 27.0. The molecule has 1 aromatic rings. The Morgan fingerprint density at radius 2 is 1.89 bits per heavy atom. The summed E-state index contributed by atoms with van der Waals surface area (Å²) >= 11 is 6.28. The smallest absolute Gasteiger partial charge is 0.255 e. The summed E-state index contributed by atoms with van der Waals surface area (Å²) in [6.07, 6.45) is 3.60. The summed E-state index contributed by atoms with van der Waals surface area (Å²) in [6, 6.07) is 5.11. The summed E-state index contributed by atoms with van der Waals surface area (Å²) < 4.78 is 0. The number of benzene rings is 1. The van der Waals surface area contributed by atoms with E-state index in [9.17, 15) is 9.59 Å². The van der Waals surface area contributed by atoms with Crippen LogP contribution in [0.25, 0.3) is 0 Å². The summed E-state index contributed by atoms with van der Waals surface area (Å²) in [5.74, 6) is 0.549. The van der Waals surface area contributed by atoms with Crippen molar-refractivity contribution < 1.29 is 9.59 Å². The van der Waals surface area contributed by atoms with Crippen molar-refractivity contribution in [2.24, 2.45) is 11.3 Å². The van der Waals surface area contributed by atoms with Crippen LogP contribution in [-0.2, 0) is 4.79 Å². The van der Waals surface area contributed by atoms with Crippen LogP contribution in [0.4, 0.5) is 5.69 Å². The van der Waals surface area contributed by atoms with Gasteiger partial charge in [0.15, 0.2) is 0 Å². The maximum absolute atomic E-state index is 12.9. The van der Waals surface area contributed by atoms with Crippen LogP contribution in [0.15, 0.2) is 18.2 Å². The van der Waals surface area contributed by atoms with Crippen molar-refractivity contribution in [3.63, 3.8) is 0 Å². The van der Waals surface area contributed by atoms with Crippen molar-refractivity contribution in [1.82, 2.24) is 10.2 Å². The third kappa shape index (κ3) is 6.82. The molecule has 0 atom stereocenters. The van der Waals surface area contributed by atoms with Gasteiger partial charge in [0.05, 0.1) is 10.6 Å². The zero-order valence-corrected chi connectivity index (χ0v) is 17.7. The molecule has 27 heavy (non-hydrogen) atoms. The molecule has 6 heteroatoms. The van der Waals surface area contributed by atoms with Crippen LogP contribution < -0.4 is 10.6 Å². The predicted octanol–water partition coefficient (Wildman–Crippen LogP) is 4.18. The first-order valence-electron chi connectivity index (χ1n) is 9.73. The van der Waals surface area contributed by atoms with E-state index in [4.69, 9.17) is 11.6 Å². The third-order valence-electron chi connectivity index (χ3n) is 4.88. The van der Waals surface area contributed by atoms with Crippen molar-refractivity contribution >= 4 is 29.1 Å². The zero-order chi connectivity index (χ0) is 20.0. The van der Waals surface area contributed by atoms with Gasteiger partial charge in [0, 0.05) is 25.2 Å². The molecule has 1 aromatic carbocycles. The number of carbonyl (C=O) groups excluding carboxylic acids is 2. The van der Waals surface area contributed by atoms with E-state index in [1.54, 1.807) is 18.2 Å². The van der Waals surface area contributed by atoms with Gasteiger partial charge in [-0.3, -0.25) is 9.59 Å². The van der Waals surface area contributed by atoms with Crippen LogP contribution in [0.1, 0.15) is 56.8 Å². The van der Waals surface area contributed by atoms with Crippen LogP contribution in [-0.4, -0.2) is 43.4 Å². The number of nitrogens with zero attached hydrogens (tertiary/aromatic N) is 1. The fraction of sp³-hybridized carbons (Fsp3) is 0.619. The normalized spacial score (nSPS) is 15.7. The van der Waals surface area contributed by atoms with Crippen molar-refractivity contribution in [2.75, 3.05) is 32.0 Å². The fourth-order valence-corrected chi connectivity index (χ4v) is 3.60. The van der Waals surface area contributed by atoms with E-state index in [0.29, 0.717) is 28.6 Å². The van der Waals surface area contributed by atoms with Crippen molar-refractivity contribution in [1.29, 1.82) is 0 Å². The Balaban J connectivity index is 2.01. The van der Waals surface area contributed by atoms with Gasteiger partial charge in [0.25, 0.3) is 5.91 Å². The van der Waals surface area contributed by atoms with E-state index in [1.165, 1.54) is 0 Å². The Labute approximate surface area is 167 Å². The van der Waals surface area contributed by atoms with Gasteiger partial charge < -0.3 is 15.5 Å². The van der Waals surface area contributed by atoms with Crippen molar-refractivity contribution in [3.05, 3.63) is 28.8 Å². The summed E-state index contributed by atoms with van der Waals surface area (Å²) in [7, 11) is 1.97. The molecule has 0 unspecified atom stereocenters. The van der Waals surface area contributed by atoms with E-state index >= 15 is 0 Å². The lowest BCUT2D eigenvalue weighted by atomic mass is 9.92. The summed E-state index contributed by atoms with van der Waals surface area (Å²) in [6.45, 7) is 8.58. The number of halogens is 1. The van der Waals surface area contributed by atoms with Crippen LogP contribution in [0.5, 0.6) is 0 Å². The molecule has 0 radical (unpaired) electrons. The Bertz CT molecular complexity index is 662. The maximum Gasteiger partial charge on any atom is 0.255 e. The lowest BCUT2D eigenvalue weighted by Crippen LogP contribution is -2.39. The number of nitrogens with one attached hydrogen (secondary N) is 2. The van der Waals surface area contributed by atoms with Gasteiger partial charge in [-0.15, -0.1) is 0 Å². The van der Waals surface area contributed by atoms with Crippen LogP contribution in [0.2, 0.25) is 5.02 Å². The largest absolute Gasteiger partial charge is 0.339 e. The topological polar surface area (TPSA) is 61.4 Å². The van der Waals surface area contributed by atoms with Gasteiger partial charge in [-0.2, -0.15) is 0 Å². The van der Waals surface area contributed by atoms with Crippen LogP contribution >= 0.6 is 11.6 Å². The quantitative estimate of drug-likeness (QED) is 0.762. The number of hydrogen-bond acceptors (Lipinski definition) is 3. The highest BCUT2D eigenvalue weighted by Gasteiger charge is 2.25. The molecular weight excluding hydrogens is 362 g/mol. The minimum atomic E-state index is -0.0905. The highest BCUT2D eigenvalue weighted by molar-refractivity contribution is 6.34. The molecule has 0 aliphatic carbocycles. The number of amides is 2. The monoisotopic (exact) mass is 393 g/mol. The van der Waals surface area contributed by atoms with Gasteiger partial charge in [0.1, 0.15) is 0 Å². The minimum Gasteiger partial charge on any atom is -0.339 e. The van der Waals surface area contributed by atoms with Gasteiger partial charge in [-0.25, -0.2) is 0 Å². The van der Waals surface area contributed by atoms with E-state index in [-0.39, 0.29) is 17.2 Å². The number of likely N-dealkylation sites (tertiary alicyclic amines) is 1. The van der Waals surface area contributed by atoms with Gasteiger partial charge in [-0.1, -0.05) is 32.4 Å². The first-order valence-corrected chi connectivity index (χ1v) is 10.1. The first-order chi connectivity index (χ1) is 12.7. The third-order valence-corrected chi connectivity index (χ3v) is 5.21. The summed E-state index contributed by atoms with van der Waals surface area (Å²) in [5.41, 5.74) is 0.979. The molecule has 0 spiro atoms. The Kier molecular flexibility index (Phi) is 7.68. The number of carbonyl (C=O) groups is 2. The molecule has 2 N–H and O–H groups in total. The first kappa shape index (κ1) is 21.7. The van der Waals surface area contributed by atoms with Gasteiger partial charge >= 0.3 is 0 Å². The van der Waals surface area contributed by atoms with Crippen molar-refractivity contribution in [2.45, 2.75) is 46.5 Å². The molecule has 0 saturated carbocycles. The number of anilines is 1. The van der Waals surface area contributed by atoms with Crippen molar-refractivity contribution in [3.8, 4) is 0 Å². The molecule has 1 saturated heterocycles. The zero-order valence-electron chi connectivity index (χ0n) is 16.9.